The van der Waals surface area contributed by atoms with Gasteiger partial charge in [0.25, 0.3) is 10.0 Å². The number of halogens is 2. The van der Waals surface area contributed by atoms with Gasteiger partial charge >= 0.3 is 0 Å². The zero-order valence-electron chi connectivity index (χ0n) is 12.9. The number of rotatable bonds is 4. The van der Waals surface area contributed by atoms with Crippen LogP contribution in [0.5, 0.6) is 5.75 Å². The molecule has 0 aliphatic carbocycles. The van der Waals surface area contributed by atoms with Gasteiger partial charge < -0.3 is 9.72 Å². The second-order valence-corrected chi connectivity index (χ2v) is 7.48. The smallest absolute Gasteiger partial charge is 0.266 e. The summed E-state index contributed by atoms with van der Waals surface area (Å²) in [5.41, 5.74) is 0.710. The highest BCUT2D eigenvalue weighted by molar-refractivity contribution is 7.93. The Morgan fingerprint density at radius 3 is 2.71 bits per heavy atom. The normalized spacial score (nSPS) is 11.7. The van der Waals surface area contributed by atoms with Crippen LogP contribution in [0.15, 0.2) is 47.5 Å². The van der Waals surface area contributed by atoms with E-state index in [0.29, 0.717) is 15.9 Å². The van der Waals surface area contributed by atoms with Crippen molar-refractivity contribution in [2.24, 2.45) is 0 Å². The maximum atomic E-state index is 13.9. The highest BCUT2D eigenvalue weighted by Gasteiger charge is 2.27. The van der Waals surface area contributed by atoms with Crippen molar-refractivity contribution in [3.63, 3.8) is 0 Å². The Balaban J connectivity index is 2.15. The number of H-pyrrole nitrogens is 1. The molecule has 0 fully saturated rings. The van der Waals surface area contributed by atoms with E-state index in [1.165, 1.54) is 38.6 Å². The van der Waals surface area contributed by atoms with E-state index in [4.69, 9.17) is 16.3 Å². The number of sulfonamides is 1. The second-order valence-electron chi connectivity index (χ2n) is 5.11. The molecule has 0 saturated heterocycles. The topological polar surface area (TPSA) is 62.4 Å². The number of nitrogens with zero attached hydrogens (tertiary/aromatic N) is 1. The van der Waals surface area contributed by atoms with E-state index in [2.05, 4.69) is 4.98 Å². The van der Waals surface area contributed by atoms with Crippen LogP contribution in [0.1, 0.15) is 0 Å². The monoisotopic (exact) mass is 368 g/mol. The van der Waals surface area contributed by atoms with Gasteiger partial charge in [0.2, 0.25) is 0 Å². The van der Waals surface area contributed by atoms with Crippen LogP contribution in [0.2, 0.25) is 5.02 Å². The molecule has 0 saturated carbocycles. The Hall–Kier alpha value is -2.25. The summed E-state index contributed by atoms with van der Waals surface area (Å²) in [6.07, 6.45) is 1.39. The number of aromatic amines is 1. The quantitative estimate of drug-likeness (QED) is 0.762. The predicted octanol–water partition coefficient (Wildman–Crippen LogP) is 3.79. The molecule has 3 rings (SSSR count). The molecule has 0 atom stereocenters. The summed E-state index contributed by atoms with van der Waals surface area (Å²) < 4.78 is 45.8. The van der Waals surface area contributed by atoms with Gasteiger partial charge in [-0.2, -0.15) is 0 Å². The summed E-state index contributed by atoms with van der Waals surface area (Å²) in [5.74, 6) is -0.769. The van der Waals surface area contributed by atoms with Crippen LogP contribution in [0.4, 0.5) is 10.1 Å². The number of anilines is 1. The Morgan fingerprint density at radius 2 is 2.00 bits per heavy atom. The molecule has 126 valence electrons. The van der Waals surface area contributed by atoms with Crippen LogP contribution in [-0.2, 0) is 10.0 Å². The van der Waals surface area contributed by atoms with E-state index in [9.17, 15) is 12.8 Å². The van der Waals surface area contributed by atoms with Gasteiger partial charge in [0.15, 0.2) is 11.6 Å². The van der Waals surface area contributed by atoms with Gasteiger partial charge in [0, 0.05) is 29.2 Å². The summed E-state index contributed by atoms with van der Waals surface area (Å²) in [4.78, 5) is 2.96. The lowest BCUT2D eigenvalue weighted by Gasteiger charge is -2.21. The van der Waals surface area contributed by atoms with Crippen molar-refractivity contribution in [3.8, 4) is 5.75 Å². The van der Waals surface area contributed by atoms with Crippen molar-refractivity contribution >= 4 is 38.2 Å². The SMILES string of the molecule is COc1c(F)cccc1N(C)S(=O)(=O)c1c[nH]c2cc(Cl)ccc12. The van der Waals surface area contributed by atoms with Crippen LogP contribution in [0, 0.1) is 5.82 Å². The van der Waals surface area contributed by atoms with Crippen molar-refractivity contribution in [1.29, 1.82) is 0 Å². The number of benzene rings is 2. The Kier molecular flexibility index (Phi) is 4.15. The molecule has 1 heterocycles. The van der Waals surface area contributed by atoms with Gasteiger partial charge in [0.1, 0.15) is 4.90 Å². The Bertz CT molecular complexity index is 1020. The lowest BCUT2D eigenvalue weighted by atomic mass is 10.2. The third kappa shape index (κ3) is 2.59. The minimum atomic E-state index is -3.93. The molecule has 0 spiro atoms. The first-order chi connectivity index (χ1) is 11.4. The van der Waals surface area contributed by atoms with Crippen LogP contribution in [0.3, 0.4) is 0 Å². The average Bonchev–Trinajstić information content (AvgIpc) is 2.97. The largest absolute Gasteiger partial charge is 0.492 e. The van der Waals surface area contributed by atoms with Crippen molar-refractivity contribution in [2.45, 2.75) is 4.90 Å². The van der Waals surface area contributed by atoms with Crippen LogP contribution in [0.25, 0.3) is 10.9 Å². The number of methoxy groups -OCH3 is 1. The van der Waals surface area contributed by atoms with Crippen LogP contribution >= 0.6 is 11.6 Å². The molecule has 0 bridgehead atoms. The van der Waals surface area contributed by atoms with Crippen LogP contribution < -0.4 is 9.04 Å². The molecular weight excluding hydrogens is 355 g/mol. The summed E-state index contributed by atoms with van der Waals surface area (Å²) >= 11 is 5.92. The number of para-hydroxylation sites is 1. The zero-order chi connectivity index (χ0) is 17.5. The molecule has 3 aromatic rings. The van der Waals surface area contributed by atoms with E-state index in [0.717, 1.165) is 4.31 Å². The van der Waals surface area contributed by atoms with Gasteiger partial charge in [-0.05, 0) is 30.3 Å². The molecular formula is C16H14ClFN2O3S. The molecule has 0 aliphatic heterocycles. The van der Waals surface area contributed by atoms with Gasteiger partial charge in [-0.25, -0.2) is 12.8 Å². The molecule has 0 unspecified atom stereocenters. The first-order valence-corrected chi connectivity index (χ1v) is 8.76. The van der Waals surface area contributed by atoms with Crippen molar-refractivity contribution in [2.75, 3.05) is 18.5 Å². The van der Waals surface area contributed by atoms with E-state index < -0.39 is 15.8 Å². The summed E-state index contributed by atoms with van der Waals surface area (Å²) in [7, 11) is -1.29. The molecule has 0 radical (unpaired) electrons. The standard InChI is InChI=1S/C16H14ClFN2O3S/c1-20(14-5-3-4-12(18)16(14)23-2)24(21,22)15-9-19-13-8-10(17)6-7-11(13)15/h3-9,19H,1-2H3. The lowest BCUT2D eigenvalue weighted by Crippen LogP contribution is -2.27. The molecule has 0 aliphatic rings. The zero-order valence-corrected chi connectivity index (χ0v) is 14.5. The average molecular weight is 369 g/mol. The molecule has 8 heteroatoms. The minimum absolute atomic E-state index is 0.0722. The molecule has 2 aromatic carbocycles. The summed E-state index contributed by atoms with van der Waals surface area (Å²) in [6.45, 7) is 0. The van der Waals surface area contributed by atoms with Crippen molar-refractivity contribution < 1.29 is 17.5 Å². The first-order valence-electron chi connectivity index (χ1n) is 6.94. The van der Waals surface area contributed by atoms with Crippen molar-refractivity contribution in [1.82, 2.24) is 4.98 Å². The molecule has 1 aromatic heterocycles. The van der Waals surface area contributed by atoms with Gasteiger partial charge in [-0.1, -0.05) is 17.7 Å². The Morgan fingerprint density at radius 1 is 1.25 bits per heavy atom. The van der Waals surface area contributed by atoms with Gasteiger partial charge in [0.05, 0.1) is 12.8 Å². The number of hydrogen-bond acceptors (Lipinski definition) is 3. The molecule has 0 amide bonds. The minimum Gasteiger partial charge on any atom is -0.492 e. The van der Waals surface area contributed by atoms with E-state index >= 15 is 0 Å². The van der Waals surface area contributed by atoms with Crippen molar-refractivity contribution in [3.05, 3.63) is 53.4 Å². The fourth-order valence-electron chi connectivity index (χ4n) is 2.51. The van der Waals surface area contributed by atoms with Gasteiger partial charge in [-0.15, -0.1) is 0 Å². The van der Waals surface area contributed by atoms with Crippen LogP contribution in [-0.4, -0.2) is 27.6 Å². The number of aromatic nitrogens is 1. The summed E-state index contributed by atoms with van der Waals surface area (Å²) in [6, 6.07) is 8.98. The maximum Gasteiger partial charge on any atom is 0.266 e. The highest BCUT2D eigenvalue weighted by Crippen LogP contribution is 2.35. The fourth-order valence-corrected chi connectivity index (χ4v) is 4.04. The number of nitrogens with one attached hydrogen (secondary N) is 1. The van der Waals surface area contributed by atoms with E-state index in [1.54, 1.807) is 18.2 Å². The maximum absolute atomic E-state index is 13.9. The number of ether oxygens (including phenoxy) is 1. The third-order valence-corrected chi connectivity index (χ3v) is 5.78. The fraction of sp³-hybridized carbons (Fsp3) is 0.125. The third-order valence-electron chi connectivity index (χ3n) is 3.73. The predicted molar refractivity (Wildman–Crippen MR) is 91.8 cm³/mol. The van der Waals surface area contributed by atoms with E-state index in [1.807, 2.05) is 0 Å². The van der Waals surface area contributed by atoms with E-state index in [-0.39, 0.29) is 16.3 Å². The number of hydrogen-bond donors (Lipinski definition) is 1. The summed E-state index contributed by atoms with van der Waals surface area (Å²) in [5, 5.41) is 0.995. The second kappa shape index (κ2) is 5.99. The Labute approximate surface area is 143 Å². The molecule has 1 N–H and O–H groups in total. The first kappa shape index (κ1) is 16.6. The van der Waals surface area contributed by atoms with Gasteiger partial charge in [-0.3, -0.25) is 4.31 Å². The molecule has 24 heavy (non-hydrogen) atoms. The number of fused-ring (bicyclic) bond motifs is 1. The molecule has 5 nitrogen and oxygen atoms in total. The highest BCUT2D eigenvalue weighted by atomic mass is 35.5. The lowest BCUT2D eigenvalue weighted by molar-refractivity contribution is 0.387.